The summed E-state index contributed by atoms with van der Waals surface area (Å²) < 4.78 is 0. The van der Waals surface area contributed by atoms with Gasteiger partial charge in [0.05, 0.1) is 11.5 Å². The van der Waals surface area contributed by atoms with Crippen LogP contribution in [-0.4, -0.2) is 11.5 Å². The zero-order valence-corrected chi connectivity index (χ0v) is 10.2. The van der Waals surface area contributed by atoms with Crippen molar-refractivity contribution in [2.75, 3.05) is 6.54 Å². The second kappa shape index (κ2) is 5.62. The third kappa shape index (κ3) is 4.00. The van der Waals surface area contributed by atoms with Crippen LogP contribution in [0.15, 0.2) is 18.5 Å². The minimum absolute atomic E-state index is 0.236. The molecule has 0 aliphatic carbocycles. The van der Waals surface area contributed by atoms with Gasteiger partial charge in [-0.2, -0.15) is 5.26 Å². The Bertz CT molecular complexity index is 377. The first kappa shape index (κ1) is 12.7. The van der Waals surface area contributed by atoms with Crippen molar-refractivity contribution in [3.63, 3.8) is 0 Å². The molecule has 1 N–H and O–H groups in total. The highest BCUT2D eigenvalue weighted by molar-refractivity contribution is 5.21. The predicted molar refractivity (Wildman–Crippen MR) is 64.7 cm³/mol. The topological polar surface area (TPSA) is 48.7 Å². The lowest BCUT2D eigenvalue weighted by atomic mass is 9.91. The summed E-state index contributed by atoms with van der Waals surface area (Å²) in [6, 6.07) is 4.33. The highest BCUT2D eigenvalue weighted by atomic mass is 14.8. The predicted octanol–water partition coefficient (Wildman–Crippen LogP) is 2.42. The van der Waals surface area contributed by atoms with E-state index in [2.05, 4.69) is 23.3 Å². The highest BCUT2D eigenvalue weighted by Gasteiger charge is 2.15. The molecule has 0 spiro atoms. The standard InChI is InChI=1S/C13H19N3/c1-11-8-15-6-4-12(11)9-16-7-5-13(2,3)10-14/h4,6,8,16H,5,7,9H2,1-3H3. The van der Waals surface area contributed by atoms with Gasteiger partial charge in [-0.1, -0.05) is 0 Å². The normalized spacial score (nSPS) is 11.1. The fraction of sp³-hybridized carbons (Fsp3) is 0.538. The zero-order chi connectivity index (χ0) is 12.0. The summed E-state index contributed by atoms with van der Waals surface area (Å²) in [5.74, 6) is 0. The summed E-state index contributed by atoms with van der Waals surface area (Å²) in [5, 5.41) is 12.2. The van der Waals surface area contributed by atoms with E-state index >= 15 is 0 Å². The van der Waals surface area contributed by atoms with E-state index in [1.165, 1.54) is 11.1 Å². The van der Waals surface area contributed by atoms with E-state index in [1.54, 1.807) is 0 Å². The van der Waals surface area contributed by atoms with Crippen molar-refractivity contribution in [2.24, 2.45) is 5.41 Å². The van der Waals surface area contributed by atoms with Gasteiger partial charge in [0.2, 0.25) is 0 Å². The van der Waals surface area contributed by atoms with Crippen LogP contribution < -0.4 is 5.32 Å². The Kier molecular flexibility index (Phi) is 4.45. The van der Waals surface area contributed by atoms with Gasteiger partial charge in [0, 0.05) is 18.9 Å². The third-order valence-electron chi connectivity index (χ3n) is 2.68. The summed E-state index contributed by atoms with van der Waals surface area (Å²) in [6.45, 7) is 7.69. The maximum absolute atomic E-state index is 8.87. The molecule has 0 saturated carbocycles. The average Bonchev–Trinajstić information content (AvgIpc) is 2.27. The van der Waals surface area contributed by atoms with Crippen molar-refractivity contribution >= 4 is 0 Å². The molecule has 1 heterocycles. The molecule has 1 aromatic heterocycles. The van der Waals surface area contributed by atoms with Gasteiger partial charge in [0.15, 0.2) is 0 Å². The largest absolute Gasteiger partial charge is 0.313 e. The van der Waals surface area contributed by atoms with Gasteiger partial charge in [-0.15, -0.1) is 0 Å². The van der Waals surface area contributed by atoms with Crippen molar-refractivity contribution in [1.29, 1.82) is 5.26 Å². The molecule has 0 amide bonds. The van der Waals surface area contributed by atoms with Crippen LogP contribution >= 0.6 is 0 Å². The van der Waals surface area contributed by atoms with Crippen LogP contribution in [-0.2, 0) is 6.54 Å². The minimum atomic E-state index is -0.236. The maximum Gasteiger partial charge on any atom is 0.0684 e. The molecule has 86 valence electrons. The van der Waals surface area contributed by atoms with E-state index in [0.29, 0.717) is 0 Å². The van der Waals surface area contributed by atoms with Crippen LogP contribution in [0.4, 0.5) is 0 Å². The van der Waals surface area contributed by atoms with Crippen molar-refractivity contribution < 1.29 is 0 Å². The van der Waals surface area contributed by atoms with Crippen LogP contribution in [0.3, 0.4) is 0 Å². The zero-order valence-electron chi connectivity index (χ0n) is 10.2. The molecule has 1 aromatic rings. The quantitative estimate of drug-likeness (QED) is 0.770. The molecule has 0 radical (unpaired) electrons. The van der Waals surface area contributed by atoms with E-state index in [4.69, 9.17) is 5.26 Å². The lowest BCUT2D eigenvalue weighted by Gasteiger charge is -2.15. The number of nitrogens with zero attached hydrogens (tertiary/aromatic N) is 2. The lowest BCUT2D eigenvalue weighted by molar-refractivity contribution is 0.432. The molecular weight excluding hydrogens is 198 g/mol. The monoisotopic (exact) mass is 217 g/mol. The lowest BCUT2D eigenvalue weighted by Crippen LogP contribution is -2.21. The van der Waals surface area contributed by atoms with Crippen LogP contribution in [0, 0.1) is 23.7 Å². The molecule has 0 aromatic carbocycles. The molecule has 1 rings (SSSR count). The van der Waals surface area contributed by atoms with Crippen LogP contribution in [0.25, 0.3) is 0 Å². The average molecular weight is 217 g/mol. The van der Waals surface area contributed by atoms with E-state index in [1.807, 2.05) is 32.3 Å². The summed E-state index contributed by atoms with van der Waals surface area (Å²) in [5.41, 5.74) is 2.24. The second-order valence-corrected chi connectivity index (χ2v) is 4.72. The van der Waals surface area contributed by atoms with Gasteiger partial charge in [0.1, 0.15) is 0 Å². The van der Waals surface area contributed by atoms with Crippen molar-refractivity contribution in [3.8, 4) is 6.07 Å². The number of hydrogen-bond donors (Lipinski definition) is 1. The fourth-order valence-electron chi connectivity index (χ4n) is 1.38. The number of aryl methyl sites for hydroxylation is 1. The smallest absolute Gasteiger partial charge is 0.0684 e. The Hall–Kier alpha value is -1.40. The first-order chi connectivity index (χ1) is 7.55. The molecular formula is C13H19N3. The second-order valence-electron chi connectivity index (χ2n) is 4.72. The van der Waals surface area contributed by atoms with E-state index in [9.17, 15) is 0 Å². The molecule has 0 bridgehead atoms. The molecule has 0 fully saturated rings. The first-order valence-corrected chi connectivity index (χ1v) is 5.56. The van der Waals surface area contributed by atoms with E-state index in [0.717, 1.165) is 19.5 Å². The number of aromatic nitrogens is 1. The molecule has 0 aliphatic rings. The summed E-state index contributed by atoms with van der Waals surface area (Å²) in [4.78, 5) is 4.05. The number of nitrogens with one attached hydrogen (secondary N) is 1. The number of hydrogen-bond acceptors (Lipinski definition) is 3. The highest BCUT2D eigenvalue weighted by Crippen LogP contribution is 2.17. The van der Waals surface area contributed by atoms with E-state index < -0.39 is 0 Å². The maximum atomic E-state index is 8.87. The molecule has 0 saturated heterocycles. The Labute approximate surface area is 97.5 Å². The van der Waals surface area contributed by atoms with Gasteiger partial charge >= 0.3 is 0 Å². The molecule has 3 nitrogen and oxygen atoms in total. The van der Waals surface area contributed by atoms with Crippen molar-refractivity contribution in [2.45, 2.75) is 33.7 Å². The fourth-order valence-corrected chi connectivity index (χ4v) is 1.38. The molecule has 0 aliphatic heterocycles. The van der Waals surface area contributed by atoms with Crippen LogP contribution in [0.5, 0.6) is 0 Å². The van der Waals surface area contributed by atoms with Gasteiger partial charge < -0.3 is 5.32 Å². The first-order valence-electron chi connectivity index (χ1n) is 5.56. The molecule has 0 unspecified atom stereocenters. The Morgan fingerprint density at radius 1 is 1.50 bits per heavy atom. The van der Waals surface area contributed by atoms with E-state index in [-0.39, 0.29) is 5.41 Å². The van der Waals surface area contributed by atoms with Crippen LogP contribution in [0.2, 0.25) is 0 Å². The van der Waals surface area contributed by atoms with Gasteiger partial charge in [-0.05, 0) is 50.9 Å². The van der Waals surface area contributed by atoms with Gasteiger partial charge in [0.25, 0.3) is 0 Å². The van der Waals surface area contributed by atoms with Gasteiger partial charge in [-0.25, -0.2) is 0 Å². The number of rotatable bonds is 5. The molecule has 0 atom stereocenters. The Balaban J connectivity index is 2.33. The molecule has 3 heteroatoms. The SMILES string of the molecule is Cc1cnccc1CNCCC(C)(C)C#N. The summed E-state index contributed by atoms with van der Waals surface area (Å²) in [6.07, 6.45) is 4.55. The number of pyridine rings is 1. The Morgan fingerprint density at radius 3 is 2.88 bits per heavy atom. The van der Waals surface area contributed by atoms with Crippen LogP contribution in [0.1, 0.15) is 31.4 Å². The van der Waals surface area contributed by atoms with Gasteiger partial charge in [-0.3, -0.25) is 4.98 Å². The number of nitriles is 1. The third-order valence-corrected chi connectivity index (χ3v) is 2.68. The molecule has 16 heavy (non-hydrogen) atoms. The van der Waals surface area contributed by atoms with Crippen molar-refractivity contribution in [3.05, 3.63) is 29.6 Å². The minimum Gasteiger partial charge on any atom is -0.313 e. The van der Waals surface area contributed by atoms with Crippen molar-refractivity contribution in [1.82, 2.24) is 10.3 Å². The summed E-state index contributed by atoms with van der Waals surface area (Å²) in [7, 11) is 0. The Morgan fingerprint density at radius 2 is 2.25 bits per heavy atom. The summed E-state index contributed by atoms with van der Waals surface area (Å²) >= 11 is 0.